The van der Waals surface area contributed by atoms with E-state index in [1.807, 2.05) is 24.3 Å². The highest BCUT2D eigenvalue weighted by Crippen LogP contribution is 2.24. The van der Waals surface area contributed by atoms with Crippen molar-refractivity contribution >= 4 is 23.3 Å². The van der Waals surface area contributed by atoms with Gasteiger partial charge in [-0.3, -0.25) is 4.79 Å². The number of anilines is 1. The number of hydrogen-bond acceptors (Lipinski definition) is 4. The van der Waals surface area contributed by atoms with Gasteiger partial charge in [-0.15, -0.1) is 0 Å². The zero-order valence-corrected chi connectivity index (χ0v) is 12.4. The molecule has 0 amide bonds. The molecule has 0 aliphatic heterocycles. The quantitative estimate of drug-likeness (QED) is 0.816. The highest BCUT2D eigenvalue weighted by atomic mass is 35.5. The summed E-state index contributed by atoms with van der Waals surface area (Å²) >= 11 is 5.82. The van der Waals surface area contributed by atoms with E-state index in [1.165, 1.54) is 0 Å². The van der Waals surface area contributed by atoms with Gasteiger partial charge in [0.2, 0.25) is 0 Å². The van der Waals surface area contributed by atoms with Gasteiger partial charge in [-0.2, -0.15) is 0 Å². The van der Waals surface area contributed by atoms with E-state index in [-0.39, 0.29) is 12.5 Å². The number of rotatable bonds is 6. The second-order valence-corrected chi connectivity index (χ2v) is 4.68. The average molecular weight is 306 g/mol. The van der Waals surface area contributed by atoms with Crippen LogP contribution in [0.25, 0.3) is 0 Å². The van der Waals surface area contributed by atoms with Crippen LogP contribution >= 0.6 is 11.6 Å². The summed E-state index contributed by atoms with van der Waals surface area (Å²) in [7, 11) is 0. The number of esters is 1. The zero-order valence-electron chi connectivity index (χ0n) is 11.6. The fraction of sp³-hybridized carbons (Fsp3) is 0.188. The molecule has 5 heteroatoms. The summed E-state index contributed by atoms with van der Waals surface area (Å²) in [6, 6.07) is 14.5. The largest absolute Gasteiger partial charge is 0.465 e. The zero-order chi connectivity index (χ0) is 15.1. The van der Waals surface area contributed by atoms with Crippen LogP contribution in [0.5, 0.6) is 11.5 Å². The minimum Gasteiger partial charge on any atom is -0.465 e. The van der Waals surface area contributed by atoms with Crippen LogP contribution in [0.15, 0.2) is 48.5 Å². The molecule has 0 atom stereocenters. The maximum atomic E-state index is 11.2. The Morgan fingerprint density at radius 1 is 1.05 bits per heavy atom. The number of nitrogens with one attached hydrogen (secondary N) is 1. The Balaban J connectivity index is 1.89. The van der Waals surface area contributed by atoms with E-state index in [2.05, 4.69) is 5.32 Å². The fourth-order valence-corrected chi connectivity index (χ4v) is 1.79. The van der Waals surface area contributed by atoms with Gasteiger partial charge >= 0.3 is 5.97 Å². The topological polar surface area (TPSA) is 47.6 Å². The molecule has 110 valence electrons. The summed E-state index contributed by atoms with van der Waals surface area (Å²) in [4.78, 5) is 11.2. The molecule has 0 aliphatic carbocycles. The van der Waals surface area contributed by atoms with E-state index in [0.29, 0.717) is 23.1 Å². The summed E-state index contributed by atoms with van der Waals surface area (Å²) in [6.45, 7) is 2.31. The second kappa shape index (κ2) is 7.55. The molecule has 0 radical (unpaired) electrons. The van der Waals surface area contributed by atoms with E-state index in [9.17, 15) is 4.79 Å². The van der Waals surface area contributed by atoms with E-state index < -0.39 is 0 Å². The molecule has 0 saturated heterocycles. The lowest BCUT2D eigenvalue weighted by Crippen LogP contribution is -2.16. The molecular weight excluding hydrogens is 290 g/mol. The highest BCUT2D eigenvalue weighted by molar-refractivity contribution is 6.30. The summed E-state index contributed by atoms with van der Waals surface area (Å²) < 4.78 is 10.5. The van der Waals surface area contributed by atoms with Crippen molar-refractivity contribution in [3.8, 4) is 11.5 Å². The first-order valence-electron chi connectivity index (χ1n) is 6.60. The molecule has 4 nitrogen and oxygen atoms in total. The predicted molar refractivity (Wildman–Crippen MR) is 83.1 cm³/mol. The van der Waals surface area contributed by atoms with E-state index in [4.69, 9.17) is 21.1 Å². The number of benzene rings is 2. The smallest absolute Gasteiger partial charge is 0.325 e. The van der Waals surface area contributed by atoms with Crippen LogP contribution in [0.4, 0.5) is 5.69 Å². The fourth-order valence-electron chi connectivity index (χ4n) is 1.67. The van der Waals surface area contributed by atoms with Gasteiger partial charge in [0.1, 0.15) is 18.0 Å². The summed E-state index contributed by atoms with van der Waals surface area (Å²) in [5.41, 5.74) is 0.825. The Hall–Kier alpha value is -2.20. The van der Waals surface area contributed by atoms with Gasteiger partial charge in [0.05, 0.1) is 6.61 Å². The molecule has 1 N–H and O–H groups in total. The Labute approximate surface area is 128 Å². The third kappa shape index (κ3) is 5.00. The van der Waals surface area contributed by atoms with Crippen LogP contribution in [-0.4, -0.2) is 19.1 Å². The molecule has 0 heterocycles. The van der Waals surface area contributed by atoms with Crippen molar-refractivity contribution in [2.45, 2.75) is 6.92 Å². The van der Waals surface area contributed by atoms with Gasteiger partial charge in [-0.1, -0.05) is 11.6 Å². The molecule has 0 unspecified atom stereocenters. The Morgan fingerprint density at radius 3 is 2.19 bits per heavy atom. The number of ether oxygens (including phenoxy) is 2. The van der Waals surface area contributed by atoms with Gasteiger partial charge in [-0.05, 0) is 55.5 Å². The second-order valence-electron chi connectivity index (χ2n) is 4.24. The first kappa shape index (κ1) is 15.2. The van der Waals surface area contributed by atoms with Gasteiger partial charge in [0, 0.05) is 10.7 Å². The van der Waals surface area contributed by atoms with Crippen LogP contribution in [0.1, 0.15) is 6.92 Å². The molecule has 0 spiro atoms. The first-order valence-corrected chi connectivity index (χ1v) is 6.98. The lowest BCUT2D eigenvalue weighted by Gasteiger charge is -2.08. The molecule has 21 heavy (non-hydrogen) atoms. The lowest BCUT2D eigenvalue weighted by atomic mass is 10.3. The number of carbonyl (C=O) groups excluding carboxylic acids is 1. The van der Waals surface area contributed by atoms with Crippen LogP contribution in [0, 0.1) is 0 Å². The molecule has 0 saturated carbocycles. The van der Waals surface area contributed by atoms with Crippen LogP contribution in [0.3, 0.4) is 0 Å². The Kier molecular flexibility index (Phi) is 5.46. The third-order valence-electron chi connectivity index (χ3n) is 2.65. The standard InChI is InChI=1S/C16H16ClNO3/c1-2-20-16(19)11-18-13-5-9-15(10-6-13)21-14-7-3-12(17)4-8-14/h3-10,18H,2,11H2,1H3. The average Bonchev–Trinajstić information content (AvgIpc) is 2.49. The molecule has 0 aromatic heterocycles. The van der Waals surface area contributed by atoms with Crippen LogP contribution in [0.2, 0.25) is 5.02 Å². The highest BCUT2D eigenvalue weighted by Gasteiger charge is 2.02. The molecule has 2 aromatic carbocycles. The predicted octanol–water partition coefficient (Wildman–Crippen LogP) is 4.11. The molecule has 2 aromatic rings. The van der Waals surface area contributed by atoms with Crippen molar-refractivity contribution in [1.29, 1.82) is 0 Å². The van der Waals surface area contributed by atoms with Crippen molar-refractivity contribution in [2.75, 3.05) is 18.5 Å². The van der Waals surface area contributed by atoms with Gasteiger partial charge in [0.25, 0.3) is 0 Å². The van der Waals surface area contributed by atoms with Crippen molar-refractivity contribution < 1.29 is 14.3 Å². The molecular formula is C16H16ClNO3. The van der Waals surface area contributed by atoms with Crippen molar-refractivity contribution in [3.05, 3.63) is 53.6 Å². The molecule has 0 bridgehead atoms. The van der Waals surface area contributed by atoms with E-state index >= 15 is 0 Å². The monoisotopic (exact) mass is 305 g/mol. The van der Waals surface area contributed by atoms with Crippen molar-refractivity contribution in [3.63, 3.8) is 0 Å². The molecule has 2 rings (SSSR count). The summed E-state index contributed by atoms with van der Waals surface area (Å²) in [5, 5.41) is 3.65. The van der Waals surface area contributed by atoms with Gasteiger partial charge in [0.15, 0.2) is 0 Å². The minimum atomic E-state index is -0.279. The minimum absolute atomic E-state index is 0.144. The normalized spacial score (nSPS) is 10.0. The van der Waals surface area contributed by atoms with Crippen molar-refractivity contribution in [1.82, 2.24) is 0 Å². The first-order chi connectivity index (χ1) is 10.2. The SMILES string of the molecule is CCOC(=O)CNc1ccc(Oc2ccc(Cl)cc2)cc1. The summed E-state index contributed by atoms with van der Waals surface area (Å²) in [5.74, 6) is 1.14. The Morgan fingerprint density at radius 2 is 1.62 bits per heavy atom. The maximum absolute atomic E-state index is 11.2. The maximum Gasteiger partial charge on any atom is 0.325 e. The van der Waals surface area contributed by atoms with Gasteiger partial charge < -0.3 is 14.8 Å². The van der Waals surface area contributed by atoms with E-state index in [1.54, 1.807) is 31.2 Å². The molecule has 0 fully saturated rings. The lowest BCUT2D eigenvalue weighted by molar-refractivity contribution is -0.140. The van der Waals surface area contributed by atoms with Crippen LogP contribution in [-0.2, 0) is 9.53 Å². The summed E-state index contributed by atoms with van der Waals surface area (Å²) in [6.07, 6.45) is 0. The van der Waals surface area contributed by atoms with Crippen molar-refractivity contribution in [2.24, 2.45) is 0 Å². The Bertz CT molecular complexity index is 581. The number of halogens is 1. The van der Waals surface area contributed by atoms with E-state index in [0.717, 1.165) is 5.69 Å². The molecule has 0 aliphatic rings. The number of carbonyl (C=O) groups is 1. The third-order valence-corrected chi connectivity index (χ3v) is 2.90. The van der Waals surface area contributed by atoms with Crippen LogP contribution < -0.4 is 10.1 Å². The number of hydrogen-bond donors (Lipinski definition) is 1. The van der Waals surface area contributed by atoms with Gasteiger partial charge in [-0.25, -0.2) is 0 Å².